The fourth-order valence-electron chi connectivity index (χ4n) is 2.43. The lowest BCUT2D eigenvalue weighted by Gasteiger charge is -2.03. The van der Waals surface area contributed by atoms with Crippen LogP contribution >= 0.6 is 0 Å². The fourth-order valence-corrected chi connectivity index (χ4v) is 2.43. The first-order valence-corrected chi connectivity index (χ1v) is 9.91. The van der Waals surface area contributed by atoms with Crippen molar-refractivity contribution in [1.82, 2.24) is 0 Å². The summed E-state index contributed by atoms with van der Waals surface area (Å²) in [5, 5.41) is 8.43. The molecule has 5 nitrogen and oxygen atoms in total. The highest BCUT2D eigenvalue weighted by Crippen LogP contribution is 2.13. The second-order valence-corrected chi connectivity index (χ2v) is 7.14. The van der Waals surface area contributed by atoms with Gasteiger partial charge in [0, 0.05) is 12.2 Å². The summed E-state index contributed by atoms with van der Waals surface area (Å²) in [6.45, 7) is 8.21. The van der Waals surface area contributed by atoms with Crippen molar-refractivity contribution in [3.63, 3.8) is 0 Å². The molecular weight excluding hydrogens is 368 g/mol. The van der Waals surface area contributed by atoms with E-state index in [0.29, 0.717) is 0 Å². The van der Waals surface area contributed by atoms with E-state index in [0.717, 1.165) is 68.1 Å². The van der Waals surface area contributed by atoms with Crippen LogP contribution in [0.3, 0.4) is 0 Å². The Morgan fingerprint density at radius 2 is 1.24 bits per heavy atom. The van der Waals surface area contributed by atoms with Crippen molar-refractivity contribution in [2.24, 2.45) is 0 Å². The maximum Gasteiger partial charge on any atom is 0.331 e. The first-order valence-electron chi connectivity index (χ1n) is 9.91. The number of rotatable bonds is 14. The number of ether oxygens (including phenoxy) is 1. The van der Waals surface area contributed by atoms with Gasteiger partial charge in [0.15, 0.2) is 0 Å². The molecule has 0 aromatic carbocycles. The summed E-state index contributed by atoms with van der Waals surface area (Å²) in [5.74, 6) is -1.84. The van der Waals surface area contributed by atoms with Crippen molar-refractivity contribution in [2.45, 2.75) is 66.2 Å². The normalized spacial score (nSPS) is 13.7. The molecule has 0 aromatic heterocycles. The minimum absolute atomic E-state index is 0.142. The molecule has 5 heteroatoms. The highest BCUT2D eigenvalue weighted by atomic mass is 16.5. The molecule has 0 unspecified atom stereocenters. The van der Waals surface area contributed by atoms with Gasteiger partial charge in [-0.05, 0) is 77.9 Å². The molecule has 0 heterocycles. The van der Waals surface area contributed by atoms with Crippen LogP contribution in [0.5, 0.6) is 0 Å². The van der Waals surface area contributed by atoms with E-state index in [1.807, 2.05) is 26.0 Å². The van der Waals surface area contributed by atoms with Crippen molar-refractivity contribution in [3.8, 4) is 0 Å². The van der Waals surface area contributed by atoms with E-state index in [9.17, 15) is 14.4 Å². The Kier molecular flexibility index (Phi) is 14.8. The fraction of sp³-hybridized carbons (Fsp3) is 0.458. The van der Waals surface area contributed by atoms with Gasteiger partial charge in [0.25, 0.3) is 0 Å². The summed E-state index contributed by atoms with van der Waals surface area (Å²) in [7, 11) is 0. The number of aliphatic carboxylic acids is 1. The smallest absolute Gasteiger partial charge is 0.331 e. The van der Waals surface area contributed by atoms with Gasteiger partial charge in [0.2, 0.25) is 0 Å². The minimum atomic E-state index is -1.18. The zero-order valence-corrected chi connectivity index (χ0v) is 18.1. The lowest BCUT2D eigenvalue weighted by molar-refractivity contribution is -0.137. The molecule has 0 aliphatic heterocycles. The minimum Gasteiger partial charge on any atom is -0.478 e. The number of carboxylic acids is 1. The van der Waals surface area contributed by atoms with Gasteiger partial charge in [0.1, 0.15) is 12.9 Å². The van der Waals surface area contributed by atoms with Crippen LogP contribution < -0.4 is 0 Å². The van der Waals surface area contributed by atoms with Crippen molar-refractivity contribution < 1.29 is 24.2 Å². The van der Waals surface area contributed by atoms with Crippen molar-refractivity contribution in [2.75, 3.05) is 6.61 Å². The summed E-state index contributed by atoms with van der Waals surface area (Å²) in [4.78, 5) is 32.1. The number of hydrogen-bond donors (Lipinski definition) is 1. The standard InChI is InChI=1S/C24H34O5/c1-19(8-5-9-20(2)11-7-13-22(4)18-25)10-6-12-21(3)16-17-29-24(28)15-14-23(26)27/h9-10,13-16,18H,5-8,11-12,17H2,1-4H3,(H,26,27)/b15-14+,19-10+,20-9+,21-16+,22-13+. The van der Waals surface area contributed by atoms with E-state index in [-0.39, 0.29) is 6.61 Å². The summed E-state index contributed by atoms with van der Waals surface area (Å²) in [6, 6.07) is 0. The average molecular weight is 403 g/mol. The van der Waals surface area contributed by atoms with Gasteiger partial charge >= 0.3 is 11.9 Å². The van der Waals surface area contributed by atoms with Gasteiger partial charge in [-0.3, -0.25) is 4.79 Å². The molecule has 0 aliphatic carbocycles. The van der Waals surface area contributed by atoms with Crippen molar-refractivity contribution in [3.05, 3.63) is 58.7 Å². The van der Waals surface area contributed by atoms with Crippen LogP contribution in [0.2, 0.25) is 0 Å². The lowest BCUT2D eigenvalue weighted by Crippen LogP contribution is -2.02. The SMILES string of the molecule is C/C(C=O)=C\CC/C(C)=C/CC/C(C)=C/CC/C(C)=C/COC(=O)/C=C/C(=O)O. The zero-order valence-electron chi connectivity index (χ0n) is 18.1. The monoisotopic (exact) mass is 402 g/mol. The molecular formula is C24H34O5. The zero-order chi connectivity index (χ0) is 22.1. The Hall–Kier alpha value is -2.69. The number of carbonyl (C=O) groups excluding carboxylic acids is 2. The molecule has 29 heavy (non-hydrogen) atoms. The van der Waals surface area contributed by atoms with Crippen molar-refractivity contribution in [1.29, 1.82) is 0 Å². The van der Waals surface area contributed by atoms with Gasteiger partial charge in [-0.2, -0.15) is 0 Å². The Bertz CT molecular complexity index is 690. The lowest BCUT2D eigenvalue weighted by atomic mass is 10.0. The third-order valence-corrected chi connectivity index (χ3v) is 4.27. The van der Waals surface area contributed by atoms with Crippen molar-refractivity contribution >= 4 is 18.2 Å². The number of hydrogen-bond acceptors (Lipinski definition) is 4. The molecule has 1 N–H and O–H groups in total. The largest absolute Gasteiger partial charge is 0.478 e. The highest BCUT2D eigenvalue weighted by Gasteiger charge is 1.97. The second kappa shape index (κ2) is 16.3. The number of carbonyl (C=O) groups is 3. The number of carboxylic acid groups (broad SMARTS) is 1. The Balaban J connectivity index is 4.10. The third kappa shape index (κ3) is 17.2. The Morgan fingerprint density at radius 3 is 1.72 bits per heavy atom. The molecule has 0 radical (unpaired) electrons. The molecule has 0 spiro atoms. The molecule has 0 saturated heterocycles. The van der Waals surface area contributed by atoms with Crippen LogP contribution in [0.4, 0.5) is 0 Å². The Labute approximate surface area is 174 Å². The number of allylic oxidation sites excluding steroid dienone is 7. The molecule has 0 aliphatic rings. The summed E-state index contributed by atoms with van der Waals surface area (Å²) in [6.07, 6.45) is 16.6. The van der Waals surface area contributed by atoms with Crippen LogP contribution in [-0.2, 0) is 19.1 Å². The predicted octanol–water partition coefficient (Wildman–Crippen LogP) is 5.50. The predicted molar refractivity (Wildman–Crippen MR) is 117 cm³/mol. The summed E-state index contributed by atoms with van der Waals surface area (Å²) in [5.41, 5.74) is 4.61. The average Bonchev–Trinajstić information content (AvgIpc) is 2.66. The van der Waals surface area contributed by atoms with E-state index in [1.54, 1.807) is 0 Å². The van der Waals surface area contributed by atoms with Gasteiger partial charge in [0.05, 0.1) is 0 Å². The van der Waals surface area contributed by atoms with Crippen LogP contribution in [-0.4, -0.2) is 29.9 Å². The van der Waals surface area contributed by atoms with Gasteiger partial charge < -0.3 is 9.84 Å². The van der Waals surface area contributed by atoms with Crippen LogP contribution in [0.25, 0.3) is 0 Å². The van der Waals surface area contributed by atoms with E-state index >= 15 is 0 Å². The first-order chi connectivity index (χ1) is 13.7. The molecule has 0 rings (SSSR count). The van der Waals surface area contributed by atoms with E-state index in [4.69, 9.17) is 9.84 Å². The quantitative estimate of drug-likeness (QED) is 0.180. The highest BCUT2D eigenvalue weighted by molar-refractivity contribution is 5.90. The van der Waals surface area contributed by atoms with E-state index < -0.39 is 11.9 Å². The molecule has 160 valence electrons. The number of esters is 1. The Morgan fingerprint density at radius 1 is 0.759 bits per heavy atom. The van der Waals surface area contributed by atoms with Gasteiger partial charge in [-0.25, -0.2) is 9.59 Å². The van der Waals surface area contributed by atoms with Crippen LogP contribution in [0, 0.1) is 0 Å². The molecule has 0 aromatic rings. The summed E-state index contributed by atoms with van der Waals surface area (Å²) < 4.78 is 4.91. The maximum atomic E-state index is 11.2. The number of aldehydes is 1. The van der Waals surface area contributed by atoms with E-state index in [1.165, 1.54) is 11.1 Å². The molecule has 0 bridgehead atoms. The van der Waals surface area contributed by atoms with Crippen LogP contribution in [0.1, 0.15) is 66.2 Å². The molecule has 0 saturated carbocycles. The first kappa shape index (κ1) is 26.3. The topological polar surface area (TPSA) is 80.7 Å². The third-order valence-electron chi connectivity index (χ3n) is 4.27. The second-order valence-electron chi connectivity index (χ2n) is 7.14. The van der Waals surface area contributed by atoms with Crippen LogP contribution in [0.15, 0.2) is 58.7 Å². The van der Waals surface area contributed by atoms with E-state index in [2.05, 4.69) is 26.0 Å². The maximum absolute atomic E-state index is 11.2. The van der Waals surface area contributed by atoms with Gasteiger partial charge in [-0.1, -0.05) is 34.9 Å². The molecule has 0 amide bonds. The molecule has 0 fully saturated rings. The molecule has 0 atom stereocenters. The van der Waals surface area contributed by atoms with Gasteiger partial charge in [-0.15, -0.1) is 0 Å². The summed E-state index contributed by atoms with van der Waals surface area (Å²) >= 11 is 0.